The molecule has 214 valence electrons. The van der Waals surface area contributed by atoms with Gasteiger partial charge in [-0.15, -0.1) is 0 Å². The maximum absolute atomic E-state index is 14.3. The molecular formula is C30H31ClFN5O4. The maximum atomic E-state index is 14.3. The Hall–Kier alpha value is -3.60. The second kappa shape index (κ2) is 12.1. The third-order valence-corrected chi connectivity index (χ3v) is 8.07. The summed E-state index contributed by atoms with van der Waals surface area (Å²) >= 11 is 5.87. The van der Waals surface area contributed by atoms with Crippen LogP contribution in [0.1, 0.15) is 52.6 Å². The summed E-state index contributed by atoms with van der Waals surface area (Å²) in [5, 5.41) is 0.344. The molecule has 2 saturated heterocycles. The number of carbonyl (C=O) groups is 1. The van der Waals surface area contributed by atoms with Crippen molar-refractivity contribution in [2.75, 3.05) is 26.8 Å². The SMILES string of the molecule is COC(=O)c1ccc2nc(CN3CCC(c4nccnc4OCc4ccc(Cl)cc4F)CC3)n(C[C@@H]3CCO3)c2c1. The van der Waals surface area contributed by atoms with Crippen LogP contribution >= 0.6 is 11.6 Å². The Balaban J connectivity index is 1.14. The van der Waals surface area contributed by atoms with Gasteiger partial charge in [0.15, 0.2) is 0 Å². The second-order valence-electron chi connectivity index (χ2n) is 10.4. The largest absolute Gasteiger partial charge is 0.471 e. The first-order valence-electron chi connectivity index (χ1n) is 13.8. The molecule has 0 spiro atoms. The first-order valence-corrected chi connectivity index (χ1v) is 14.2. The van der Waals surface area contributed by atoms with Crippen molar-refractivity contribution in [2.45, 2.75) is 51.0 Å². The number of benzene rings is 2. The predicted molar refractivity (Wildman–Crippen MR) is 150 cm³/mol. The molecule has 0 radical (unpaired) electrons. The van der Waals surface area contributed by atoms with E-state index in [0.717, 1.165) is 61.5 Å². The average Bonchev–Trinajstić information content (AvgIpc) is 3.30. The van der Waals surface area contributed by atoms with Gasteiger partial charge in [-0.3, -0.25) is 9.88 Å². The van der Waals surface area contributed by atoms with Crippen LogP contribution in [0.3, 0.4) is 0 Å². The fraction of sp³-hybridized carbons (Fsp3) is 0.400. The summed E-state index contributed by atoms with van der Waals surface area (Å²) < 4.78 is 33.0. The number of ether oxygens (including phenoxy) is 3. The smallest absolute Gasteiger partial charge is 0.337 e. The molecule has 0 saturated carbocycles. The van der Waals surface area contributed by atoms with Gasteiger partial charge in [0.1, 0.15) is 23.9 Å². The molecule has 2 aliphatic rings. The van der Waals surface area contributed by atoms with Crippen LogP contribution in [0.5, 0.6) is 5.88 Å². The van der Waals surface area contributed by atoms with E-state index in [4.69, 9.17) is 30.8 Å². The van der Waals surface area contributed by atoms with Gasteiger partial charge < -0.3 is 18.8 Å². The van der Waals surface area contributed by atoms with Crippen LogP contribution in [0.4, 0.5) is 4.39 Å². The van der Waals surface area contributed by atoms with Crippen molar-refractivity contribution in [3.8, 4) is 5.88 Å². The molecule has 2 aromatic carbocycles. The van der Waals surface area contributed by atoms with Gasteiger partial charge in [0.2, 0.25) is 5.88 Å². The molecule has 2 aliphatic heterocycles. The lowest BCUT2D eigenvalue weighted by Crippen LogP contribution is -2.35. The van der Waals surface area contributed by atoms with Crippen molar-refractivity contribution in [2.24, 2.45) is 0 Å². The van der Waals surface area contributed by atoms with Crippen LogP contribution in [0.25, 0.3) is 11.0 Å². The van der Waals surface area contributed by atoms with Crippen molar-refractivity contribution >= 4 is 28.6 Å². The number of hydrogen-bond donors (Lipinski definition) is 0. The molecule has 11 heteroatoms. The third kappa shape index (κ3) is 6.05. The Kier molecular flexibility index (Phi) is 8.13. The quantitative estimate of drug-likeness (QED) is 0.251. The van der Waals surface area contributed by atoms with Gasteiger partial charge in [0.25, 0.3) is 0 Å². The number of piperidine rings is 1. The van der Waals surface area contributed by atoms with Crippen LogP contribution in [-0.4, -0.2) is 63.3 Å². The van der Waals surface area contributed by atoms with E-state index in [-0.39, 0.29) is 24.6 Å². The van der Waals surface area contributed by atoms with Gasteiger partial charge >= 0.3 is 5.97 Å². The summed E-state index contributed by atoms with van der Waals surface area (Å²) in [5.74, 6) is 0.782. The highest BCUT2D eigenvalue weighted by atomic mass is 35.5. The molecule has 2 fully saturated rings. The Labute approximate surface area is 242 Å². The van der Waals surface area contributed by atoms with Crippen LogP contribution in [0.2, 0.25) is 5.02 Å². The molecule has 0 amide bonds. The van der Waals surface area contributed by atoms with Gasteiger partial charge in [-0.1, -0.05) is 17.7 Å². The van der Waals surface area contributed by atoms with Gasteiger partial charge in [0.05, 0.1) is 42.9 Å². The van der Waals surface area contributed by atoms with Crippen molar-refractivity contribution in [1.29, 1.82) is 0 Å². The Morgan fingerprint density at radius 3 is 2.66 bits per heavy atom. The fourth-order valence-corrected chi connectivity index (χ4v) is 5.61. The van der Waals surface area contributed by atoms with E-state index < -0.39 is 5.82 Å². The molecule has 2 aromatic heterocycles. The van der Waals surface area contributed by atoms with E-state index >= 15 is 0 Å². The molecule has 0 N–H and O–H groups in total. The van der Waals surface area contributed by atoms with Crippen molar-refractivity contribution < 1.29 is 23.4 Å². The number of rotatable bonds is 9. The summed E-state index contributed by atoms with van der Waals surface area (Å²) in [5.41, 5.74) is 3.47. The maximum Gasteiger partial charge on any atom is 0.337 e. The lowest BCUT2D eigenvalue weighted by Gasteiger charge is -2.32. The minimum atomic E-state index is -0.410. The molecule has 4 heterocycles. The standard InChI is InChI=1S/C30H31ClFN5O4/c1-39-30(38)20-3-5-25-26(14-20)37(16-23-8-13-40-23)27(35-25)17-36-11-6-19(7-12-36)28-29(34-10-9-33-28)41-18-21-2-4-22(31)15-24(21)32/h2-5,9-10,14-15,19,23H,6-8,11-13,16-18H2,1H3/t23-/m0/s1. The Morgan fingerprint density at radius 2 is 1.93 bits per heavy atom. The molecule has 1 atom stereocenters. The zero-order valence-corrected chi connectivity index (χ0v) is 23.5. The Morgan fingerprint density at radius 1 is 1.12 bits per heavy atom. The van der Waals surface area contributed by atoms with E-state index in [9.17, 15) is 9.18 Å². The molecule has 0 aliphatic carbocycles. The summed E-state index contributed by atoms with van der Waals surface area (Å²) in [7, 11) is 1.39. The van der Waals surface area contributed by atoms with Gasteiger partial charge in [-0.2, -0.15) is 0 Å². The highest BCUT2D eigenvalue weighted by molar-refractivity contribution is 6.30. The first kappa shape index (κ1) is 27.6. The van der Waals surface area contributed by atoms with Crippen molar-refractivity contribution in [3.05, 3.63) is 82.3 Å². The summed E-state index contributed by atoms with van der Waals surface area (Å²) in [6, 6.07) is 10.0. The number of imidazole rings is 1. The first-order chi connectivity index (χ1) is 20.0. The van der Waals surface area contributed by atoms with E-state index in [1.165, 1.54) is 13.2 Å². The van der Waals surface area contributed by atoms with E-state index in [0.29, 0.717) is 35.1 Å². The number of carbonyl (C=O) groups excluding carboxylic acids is 1. The zero-order valence-electron chi connectivity index (χ0n) is 22.8. The highest BCUT2D eigenvalue weighted by Crippen LogP contribution is 2.33. The van der Waals surface area contributed by atoms with Crippen molar-refractivity contribution in [1.82, 2.24) is 24.4 Å². The predicted octanol–water partition coefficient (Wildman–Crippen LogP) is 5.15. The molecule has 0 bridgehead atoms. The van der Waals surface area contributed by atoms with E-state index in [1.54, 1.807) is 30.6 Å². The van der Waals surface area contributed by atoms with Crippen molar-refractivity contribution in [3.63, 3.8) is 0 Å². The fourth-order valence-electron chi connectivity index (χ4n) is 5.45. The molecule has 41 heavy (non-hydrogen) atoms. The summed E-state index contributed by atoms with van der Waals surface area (Å²) in [6.07, 6.45) is 6.18. The normalized spacial score (nSPS) is 17.9. The number of esters is 1. The number of hydrogen-bond acceptors (Lipinski definition) is 8. The monoisotopic (exact) mass is 579 g/mol. The second-order valence-corrected chi connectivity index (χ2v) is 10.9. The highest BCUT2D eigenvalue weighted by Gasteiger charge is 2.28. The number of methoxy groups -OCH3 is 1. The van der Waals surface area contributed by atoms with Crippen LogP contribution < -0.4 is 4.74 Å². The lowest BCUT2D eigenvalue weighted by atomic mass is 9.93. The number of nitrogens with zero attached hydrogens (tertiary/aromatic N) is 5. The van der Waals surface area contributed by atoms with Crippen LogP contribution in [0.15, 0.2) is 48.8 Å². The van der Waals surface area contributed by atoms with Gasteiger partial charge in [0, 0.05) is 35.5 Å². The van der Waals surface area contributed by atoms with Crippen LogP contribution in [-0.2, 0) is 29.2 Å². The van der Waals surface area contributed by atoms with Gasteiger partial charge in [-0.25, -0.2) is 19.2 Å². The summed E-state index contributed by atoms with van der Waals surface area (Å²) in [6.45, 7) is 3.90. The molecular weight excluding hydrogens is 549 g/mol. The minimum absolute atomic E-state index is 0.0478. The zero-order chi connectivity index (χ0) is 28.3. The number of likely N-dealkylation sites (tertiary alicyclic amines) is 1. The number of fused-ring (bicyclic) bond motifs is 1. The minimum Gasteiger partial charge on any atom is -0.471 e. The molecule has 0 unspecified atom stereocenters. The number of aromatic nitrogens is 4. The summed E-state index contributed by atoms with van der Waals surface area (Å²) in [4.78, 5) is 28.5. The van der Waals surface area contributed by atoms with Gasteiger partial charge in [-0.05, 0) is 62.7 Å². The topological polar surface area (TPSA) is 91.6 Å². The molecule has 9 nitrogen and oxygen atoms in total. The molecule has 4 aromatic rings. The number of halogens is 2. The van der Waals surface area contributed by atoms with E-state index in [2.05, 4.69) is 19.4 Å². The Bertz CT molecular complexity index is 1550. The average molecular weight is 580 g/mol. The van der Waals surface area contributed by atoms with Crippen LogP contribution in [0, 0.1) is 5.82 Å². The molecule has 6 rings (SSSR count). The third-order valence-electron chi connectivity index (χ3n) is 7.84. The van der Waals surface area contributed by atoms with E-state index in [1.807, 2.05) is 12.1 Å². The lowest BCUT2D eigenvalue weighted by molar-refractivity contribution is -0.0592.